The fourth-order valence-corrected chi connectivity index (χ4v) is 11.1. The van der Waals surface area contributed by atoms with Crippen molar-refractivity contribution in [1.29, 1.82) is 0 Å². The second-order valence-electron chi connectivity index (χ2n) is 17.5. The van der Waals surface area contributed by atoms with Crippen molar-refractivity contribution in [3.05, 3.63) is 253 Å². The van der Waals surface area contributed by atoms with Gasteiger partial charge in [0.15, 0.2) is 10.9 Å². The maximum atomic E-state index is 14.9. The van der Waals surface area contributed by atoms with Gasteiger partial charge < -0.3 is 4.40 Å². The Morgan fingerprint density at radius 1 is 0.373 bits per heavy atom. The predicted molar refractivity (Wildman–Crippen MR) is 242 cm³/mol. The lowest BCUT2D eigenvalue weighted by atomic mass is 9.63. The van der Waals surface area contributed by atoms with Crippen LogP contribution < -0.4 is 10.9 Å². The Balaban J connectivity index is 1.25. The molecule has 0 N–H and O–H groups in total. The molecular formula is C56H39NO2. The lowest BCUT2D eigenvalue weighted by molar-refractivity contribution is 0.591. The van der Waals surface area contributed by atoms with E-state index in [0.717, 1.165) is 55.5 Å². The average Bonchev–Trinajstić information content (AvgIpc) is 3.56. The van der Waals surface area contributed by atoms with Gasteiger partial charge in [0.25, 0.3) is 0 Å². The van der Waals surface area contributed by atoms with Gasteiger partial charge in [-0.05, 0) is 96.9 Å². The van der Waals surface area contributed by atoms with Crippen LogP contribution in [0.15, 0.2) is 192 Å². The highest BCUT2D eigenvalue weighted by Crippen LogP contribution is 2.61. The lowest BCUT2D eigenvalue weighted by Crippen LogP contribution is -2.34. The van der Waals surface area contributed by atoms with Crippen LogP contribution in [-0.2, 0) is 16.2 Å². The summed E-state index contributed by atoms with van der Waals surface area (Å²) in [5.74, 6) is 0. The quantitative estimate of drug-likeness (QED) is 0.102. The molecule has 1 aliphatic heterocycles. The molecule has 0 amide bonds. The predicted octanol–water partition coefficient (Wildman–Crippen LogP) is 11.9. The number of hydrogen-bond donors (Lipinski definition) is 0. The summed E-state index contributed by atoms with van der Waals surface area (Å²) in [5, 5.41) is 2.52. The third kappa shape index (κ3) is 4.17. The topological polar surface area (TPSA) is 38.5 Å². The first kappa shape index (κ1) is 34.0. The first-order valence-corrected chi connectivity index (χ1v) is 20.5. The Kier molecular flexibility index (Phi) is 6.76. The van der Waals surface area contributed by atoms with Gasteiger partial charge >= 0.3 is 0 Å². The number of fused-ring (bicyclic) bond motifs is 7. The molecule has 2 aromatic heterocycles. The molecule has 0 fully saturated rings. The minimum absolute atomic E-state index is 0.0357. The van der Waals surface area contributed by atoms with E-state index in [9.17, 15) is 9.59 Å². The number of hydrogen-bond acceptors (Lipinski definition) is 2. The fourth-order valence-electron chi connectivity index (χ4n) is 11.1. The number of nitrogens with zero attached hydrogens (tertiary/aromatic N) is 1. The third-order valence-electron chi connectivity index (χ3n) is 13.6. The number of aromatic nitrogens is 1. The van der Waals surface area contributed by atoms with Crippen LogP contribution in [0.1, 0.15) is 70.8 Å². The van der Waals surface area contributed by atoms with Gasteiger partial charge in [-0.15, -0.1) is 0 Å². The summed E-state index contributed by atoms with van der Waals surface area (Å²) >= 11 is 0. The van der Waals surface area contributed by atoms with E-state index in [4.69, 9.17) is 0 Å². The van der Waals surface area contributed by atoms with E-state index in [2.05, 4.69) is 183 Å². The molecule has 0 bridgehead atoms. The molecule has 59 heavy (non-hydrogen) atoms. The van der Waals surface area contributed by atoms with E-state index < -0.39 is 10.8 Å². The summed E-state index contributed by atoms with van der Waals surface area (Å²) in [5.41, 5.74) is 13.1. The van der Waals surface area contributed by atoms with E-state index in [1.807, 2.05) is 24.3 Å². The molecule has 3 heterocycles. The maximum absolute atomic E-state index is 14.9. The average molecular weight is 758 g/mol. The van der Waals surface area contributed by atoms with Gasteiger partial charge in [0.05, 0.1) is 27.4 Å². The molecule has 12 rings (SSSR count). The highest BCUT2D eigenvalue weighted by Gasteiger charge is 2.51. The van der Waals surface area contributed by atoms with Crippen molar-refractivity contribution < 1.29 is 0 Å². The molecule has 10 aromatic rings. The minimum atomic E-state index is -0.798. The molecule has 1 aliphatic carbocycles. The molecule has 0 atom stereocenters. The zero-order valence-electron chi connectivity index (χ0n) is 33.1. The summed E-state index contributed by atoms with van der Waals surface area (Å²) in [7, 11) is 0. The molecule has 0 radical (unpaired) electrons. The van der Waals surface area contributed by atoms with E-state index in [1.54, 1.807) is 0 Å². The van der Waals surface area contributed by atoms with Crippen LogP contribution in [0.5, 0.6) is 0 Å². The Hall–Kier alpha value is -7.10. The van der Waals surface area contributed by atoms with Gasteiger partial charge in [0.1, 0.15) is 0 Å². The van der Waals surface area contributed by atoms with E-state index in [1.165, 1.54) is 16.7 Å². The monoisotopic (exact) mass is 757 g/mol. The van der Waals surface area contributed by atoms with Gasteiger partial charge in [-0.2, -0.15) is 0 Å². The summed E-state index contributed by atoms with van der Waals surface area (Å²) in [4.78, 5) is 29.9. The highest BCUT2D eigenvalue weighted by atomic mass is 16.1. The molecule has 8 aromatic carbocycles. The molecule has 2 aliphatic rings. The van der Waals surface area contributed by atoms with Crippen LogP contribution in [0.4, 0.5) is 0 Å². The zero-order valence-corrected chi connectivity index (χ0v) is 33.1. The van der Waals surface area contributed by atoms with Crippen molar-refractivity contribution in [2.45, 2.75) is 37.0 Å². The number of benzene rings is 8. The molecular weight excluding hydrogens is 719 g/mol. The summed E-state index contributed by atoms with van der Waals surface area (Å²) < 4.78 is 2.26. The molecule has 0 saturated carbocycles. The Bertz CT molecular complexity index is 3300. The molecule has 280 valence electrons. The fraction of sp³-hybridized carbons (Fsp3) is 0.107. The molecule has 3 heteroatoms. The summed E-state index contributed by atoms with van der Waals surface area (Å²) in [6, 6.07) is 64.9. The van der Waals surface area contributed by atoms with Crippen LogP contribution in [0.2, 0.25) is 0 Å². The minimum Gasteiger partial charge on any atom is -0.307 e. The van der Waals surface area contributed by atoms with Crippen LogP contribution in [0, 0.1) is 0 Å². The normalized spacial score (nSPS) is 13.9. The summed E-state index contributed by atoms with van der Waals surface area (Å²) in [6.45, 7) is 6.40. The Morgan fingerprint density at radius 2 is 0.831 bits per heavy atom. The second-order valence-corrected chi connectivity index (χ2v) is 17.5. The van der Waals surface area contributed by atoms with Gasteiger partial charge in [-0.25, -0.2) is 0 Å². The standard InChI is InChI=1S/C56H39NO2/c1-54(2,3)38-32-43-49-44(33-38)53(59)41-25-16-28-48-51(41)57(49)50-40(52(43)58)24-15-27-47(50)56(48)45-26-14-13-23-39(45)42-31-37(29-30-46(42)56)55(34-17-7-4-8-18-34,35-19-9-5-10-20-35)36-21-11-6-12-22-36/h4-33H,1-3H3. The van der Waals surface area contributed by atoms with Gasteiger partial charge in [0, 0.05) is 21.5 Å². The summed E-state index contributed by atoms with van der Waals surface area (Å²) in [6.07, 6.45) is 0. The first-order chi connectivity index (χ1) is 28.8. The van der Waals surface area contributed by atoms with Crippen molar-refractivity contribution in [2.24, 2.45) is 0 Å². The number of pyridine rings is 2. The largest absolute Gasteiger partial charge is 0.307 e. The van der Waals surface area contributed by atoms with E-state index >= 15 is 0 Å². The zero-order chi connectivity index (χ0) is 39.8. The van der Waals surface area contributed by atoms with Crippen molar-refractivity contribution in [1.82, 2.24) is 4.40 Å². The maximum Gasteiger partial charge on any atom is 0.197 e. The lowest BCUT2D eigenvalue weighted by Gasteiger charge is -2.40. The Labute approximate surface area is 341 Å². The van der Waals surface area contributed by atoms with Gasteiger partial charge in [-0.1, -0.05) is 172 Å². The third-order valence-corrected chi connectivity index (χ3v) is 13.6. The van der Waals surface area contributed by atoms with Crippen molar-refractivity contribution in [3.8, 4) is 11.1 Å². The molecule has 1 spiro atoms. The molecule has 3 nitrogen and oxygen atoms in total. The van der Waals surface area contributed by atoms with Crippen molar-refractivity contribution in [3.63, 3.8) is 0 Å². The van der Waals surface area contributed by atoms with E-state index in [-0.39, 0.29) is 16.3 Å². The van der Waals surface area contributed by atoms with Gasteiger partial charge in [0.2, 0.25) is 0 Å². The van der Waals surface area contributed by atoms with Gasteiger partial charge in [-0.3, -0.25) is 9.59 Å². The van der Waals surface area contributed by atoms with Crippen LogP contribution >= 0.6 is 0 Å². The van der Waals surface area contributed by atoms with Crippen LogP contribution in [-0.4, -0.2) is 4.40 Å². The smallest absolute Gasteiger partial charge is 0.197 e. The molecule has 0 unspecified atom stereocenters. The van der Waals surface area contributed by atoms with Crippen molar-refractivity contribution in [2.75, 3.05) is 0 Å². The highest BCUT2D eigenvalue weighted by molar-refractivity contribution is 6.12. The second kappa shape index (κ2) is 11.7. The van der Waals surface area contributed by atoms with Crippen molar-refractivity contribution >= 4 is 38.1 Å². The van der Waals surface area contributed by atoms with E-state index in [0.29, 0.717) is 27.1 Å². The molecule has 0 saturated heterocycles. The van der Waals surface area contributed by atoms with Crippen LogP contribution in [0.3, 0.4) is 0 Å². The number of rotatable bonds is 4. The Morgan fingerprint density at radius 3 is 1.34 bits per heavy atom. The van der Waals surface area contributed by atoms with Crippen LogP contribution in [0.25, 0.3) is 49.2 Å². The number of para-hydroxylation sites is 2. The first-order valence-electron chi connectivity index (χ1n) is 20.5. The SMILES string of the molecule is CC(C)(C)c1cc2c(=O)c3cccc4c3n3c5c(cccc5c(=O)c(c1)c23)C41c2ccccc2-c2cc(C(c3ccccc3)(c3ccccc3)c3ccccc3)ccc21.